The van der Waals surface area contributed by atoms with E-state index in [1.165, 1.54) is 42.9 Å². The van der Waals surface area contributed by atoms with E-state index < -0.39 is 8.32 Å². The Bertz CT molecular complexity index is 604. The van der Waals surface area contributed by atoms with Gasteiger partial charge in [0.25, 0.3) is 8.32 Å². The van der Waals surface area contributed by atoms with E-state index in [-0.39, 0.29) is 0 Å². The zero-order valence-corrected chi connectivity index (χ0v) is 14.8. The minimum absolute atomic E-state index is 0.653. The van der Waals surface area contributed by atoms with Gasteiger partial charge in [0.05, 0.1) is 6.61 Å². The Kier molecular flexibility index (Phi) is 5.47. The molecule has 0 aliphatic heterocycles. The van der Waals surface area contributed by atoms with Crippen LogP contribution in [0, 0.1) is 0 Å². The second-order valence-electron chi connectivity index (χ2n) is 6.47. The molecule has 1 unspecified atom stereocenters. The van der Waals surface area contributed by atoms with E-state index in [0.717, 1.165) is 0 Å². The summed E-state index contributed by atoms with van der Waals surface area (Å²) >= 11 is 0. The third-order valence-corrected chi connectivity index (χ3v) is 9.31. The van der Waals surface area contributed by atoms with Crippen molar-refractivity contribution in [3.05, 3.63) is 78.5 Å². The summed E-state index contributed by atoms with van der Waals surface area (Å²) < 4.78 is 6.71. The smallest absolute Gasteiger partial charge is 0.251 e. The summed E-state index contributed by atoms with van der Waals surface area (Å²) in [7, 11) is -2.16. The molecule has 0 heterocycles. The Morgan fingerprint density at radius 2 is 1.52 bits per heavy atom. The van der Waals surface area contributed by atoms with Crippen molar-refractivity contribution >= 4 is 13.5 Å². The highest BCUT2D eigenvalue weighted by molar-refractivity contribution is 6.91. The van der Waals surface area contributed by atoms with Gasteiger partial charge in [-0.3, -0.25) is 0 Å². The van der Waals surface area contributed by atoms with Gasteiger partial charge in [-0.05, 0) is 16.3 Å². The van der Waals surface area contributed by atoms with E-state index in [9.17, 15) is 0 Å². The van der Waals surface area contributed by atoms with Gasteiger partial charge in [0.1, 0.15) is 0 Å². The van der Waals surface area contributed by atoms with Gasteiger partial charge in [0.2, 0.25) is 0 Å². The Balaban J connectivity index is 1.89. The summed E-state index contributed by atoms with van der Waals surface area (Å²) in [5, 5.41) is 1.37. The first-order chi connectivity index (χ1) is 11.3. The molecule has 1 aliphatic carbocycles. The molecule has 1 nitrogen and oxygen atoms in total. The van der Waals surface area contributed by atoms with Crippen molar-refractivity contribution in [1.29, 1.82) is 0 Å². The largest absolute Gasteiger partial charge is 0.404 e. The van der Waals surface area contributed by atoms with E-state index in [1.807, 2.05) is 0 Å². The molecule has 0 spiro atoms. The minimum Gasteiger partial charge on any atom is -0.404 e. The predicted octanol–water partition coefficient (Wildman–Crippen LogP) is 5.12. The average Bonchev–Trinajstić information content (AvgIpc) is 2.65. The molecule has 120 valence electrons. The number of benzene rings is 2. The van der Waals surface area contributed by atoms with E-state index in [1.54, 1.807) is 0 Å². The van der Waals surface area contributed by atoms with E-state index in [0.29, 0.717) is 12.1 Å². The van der Waals surface area contributed by atoms with E-state index in [4.69, 9.17) is 4.43 Å². The lowest BCUT2D eigenvalue weighted by molar-refractivity contribution is 0.285. The number of rotatable bonds is 6. The molecular formula is C21H26OSi. The summed E-state index contributed by atoms with van der Waals surface area (Å²) in [4.78, 5) is 0. The lowest BCUT2D eigenvalue weighted by atomic mass is 10.0. The van der Waals surface area contributed by atoms with Gasteiger partial charge in [-0.1, -0.05) is 98.5 Å². The lowest BCUT2D eigenvalue weighted by Gasteiger charge is -2.38. The topological polar surface area (TPSA) is 9.23 Å². The van der Waals surface area contributed by atoms with Gasteiger partial charge in [-0.25, -0.2) is 0 Å². The summed E-state index contributed by atoms with van der Waals surface area (Å²) in [5.41, 5.74) is 4.08. The maximum Gasteiger partial charge on any atom is 0.251 e. The molecule has 1 fully saturated rings. The van der Waals surface area contributed by atoms with E-state index >= 15 is 0 Å². The SMILES string of the molecule is C=C[Si](OCc1ccccc1)(c1ccccc1)C1CCCCC1. The van der Waals surface area contributed by atoms with Crippen LogP contribution in [0.15, 0.2) is 72.9 Å². The molecule has 2 aromatic rings. The second-order valence-corrected chi connectivity index (χ2v) is 10.1. The molecule has 0 aromatic heterocycles. The average molecular weight is 323 g/mol. The van der Waals surface area contributed by atoms with Crippen LogP contribution in [-0.2, 0) is 11.0 Å². The Hall–Kier alpha value is -1.64. The molecule has 1 aliphatic rings. The van der Waals surface area contributed by atoms with Crippen LogP contribution in [0.2, 0.25) is 5.54 Å². The molecular weight excluding hydrogens is 296 g/mol. The first kappa shape index (κ1) is 16.2. The van der Waals surface area contributed by atoms with Gasteiger partial charge in [-0.15, -0.1) is 6.58 Å². The first-order valence-electron chi connectivity index (χ1n) is 8.72. The van der Waals surface area contributed by atoms with Crippen molar-refractivity contribution in [2.75, 3.05) is 0 Å². The van der Waals surface area contributed by atoms with Crippen molar-refractivity contribution in [3.63, 3.8) is 0 Å². The maximum atomic E-state index is 6.71. The highest BCUT2D eigenvalue weighted by atomic mass is 28.4. The van der Waals surface area contributed by atoms with Crippen molar-refractivity contribution in [2.24, 2.45) is 0 Å². The normalized spacial score (nSPS) is 18.3. The van der Waals surface area contributed by atoms with Crippen molar-refractivity contribution in [2.45, 2.75) is 44.3 Å². The predicted molar refractivity (Wildman–Crippen MR) is 100 cm³/mol. The second kappa shape index (κ2) is 7.76. The molecule has 3 rings (SSSR count). The fourth-order valence-electron chi connectivity index (χ4n) is 3.79. The van der Waals surface area contributed by atoms with Crippen LogP contribution in [0.3, 0.4) is 0 Å². The quantitative estimate of drug-likeness (QED) is 0.671. The lowest BCUT2D eigenvalue weighted by Crippen LogP contribution is -2.53. The molecule has 2 heteroatoms. The van der Waals surface area contributed by atoms with Crippen LogP contribution in [0.25, 0.3) is 0 Å². The zero-order valence-electron chi connectivity index (χ0n) is 13.8. The van der Waals surface area contributed by atoms with Gasteiger partial charge < -0.3 is 4.43 Å². The Morgan fingerprint density at radius 1 is 0.913 bits per heavy atom. The fourth-order valence-corrected chi connectivity index (χ4v) is 7.73. The molecule has 1 atom stereocenters. The zero-order chi connectivity index (χ0) is 16.0. The van der Waals surface area contributed by atoms with Gasteiger partial charge in [-0.2, -0.15) is 0 Å². The molecule has 1 saturated carbocycles. The van der Waals surface area contributed by atoms with Crippen molar-refractivity contribution < 1.29 is 4.43 Å². The van der Waals surface area contributed by atoms with Crippen LogP contribution >= 0.6 is 0 Å². The monoisotopic (exact) mass is 322 g/mol. The molecule has 0 radical (unpaired) electrons. The fraction of sp³-hybridized carbons (Fsp3) is 0.333. The van der Waals surface area contributed by atoms with Crippen LogP contribution in [0.1, 0.15) is 37.7 Å². The standard InChI is InChI=1S/C21H26OSi/c1-2-23(20-14-8-4-9-15-20,21-16-10-5-11-17-21)22-18-19-12-6-3-7-13-19/h2-4,6-9,12-15,21H,1,5,10-11,16-18H2. The Morgan fingerprint density at radius 3 is 2.13 bits per heavy atom. The maximum absolute atomic E-state index is 6.71. The molecule has 23 heavy (non-hydrogen) atoms. The van der Waals surface area contributed by atoms with Crippen LogP contribution in [0.4, 0.5) is 0 Å². The molecule has 2 aromatic carbocycles. The molecule has 0 N–H and O–H groups in total. The van der Waals surface area contributed by atoms with Crippen LogP contribution < -0.4 is 5.19 Å². The minimum atomic E-state index is -2.16. The van der Waals surface area contributed by atoms with Crippen LogP contribution in [-0.4, -0.2) is 8.32 Å². The third-order valence-electron chi connectivity index (χ3n) is 5.06. The number of hydrogen-bond donors (Lipinski definition) is 0. The first-order valence-corrected chi connectivity index (χ1v) is 10.8. The van der Waals surface area contributed by atoms with Crippen molar-refractivity contribution in [1.82, 2.24) is 0 Å². The molecule has 0 bridgehead atoms. The molecule has 0 amide bonds. The summed E-state index contributed by atoms with van der Waals surface area (Å²) in [5.74, 6) is 0. The van der Waals surface area contributed by atoms with Gasteiger partial charge >= 0.3 is 0 Å². The van der Waals surface area contributed by atoms with Crippen LogP contribution in [0.5, 0.6) is 0 Å². The highest BCUT2D eigenvalue weighted by Gasteiger charge is 2.42. The third kappa shape index (κ3) is 3.65. The summed E-state index contributed by atoms with van der Waals surface area (Å²) in [6, 6.07) is 21.4. The highest BCUT2D eigenvalue weighted by Crippen LogP contribution is 2.38. The number of hydrogen-bond acceptors (Lipinski definition) is 1. The van der Waals surface area contributed by atoms with E-state index in [2.05, 4.69) is 72.9 Å². The van der Waals surface area contributed by atoms with Gasteiger partial charge in [0, 0.05) is 0 Å². The Labute approximate surface area is 141 Å². The summed E-state index contributed by atoms with van der Waals surface area (Å²) in [6.45, 7) is 4.92. The molecule has 0 saturated heterocycles. The van der Waals surface area contributed by atoms with Crippen molar-refractivity contribution in [3.8, 4) is 0 Å². The van der Waals surface area contributed by atoms with Gasteiger partial charge in [0.15, 0.2) is 0 Å². The summed E-state index contributed by atoms with van der Waals surface area (Å²) in [6.07, 6.45) is 6.58.